The van der Waals surface area contributed by atoms with Gasteiger partial charge in [0.2, 0.25) is 0 Å². The summed E-state index contributed by atoms with van der Waals surface area (Å²) in [6.07, 6.45) is 1.50. The van der Waals surface area contributed by atoms with Gasteiger partial charge in [-0.15, -0.1) is 0 Å². The summed E-state index contributed by atoms with van der Waals surface area (Å²) < 4.78 is 10.5. The van der Waals surface area contributed by atoms with Crippen LogP contribution in [0.5, 0.6) is 0 Å². The van der Waals surface area contributed by atoms with E-state index in [1.807, 2.05) is 6.92 Å². The predicted octanol–water partition coefficient (Wildman–Crippen LogP) is 2.39. The second-order valence-corrected chi connectivity index (χ2v) is 5.44. The van der Waals surface area contributed by atoms with Crippen LogP contribution < -0.4 is 5.32 Å². The largest absolute Gasteiger partial charge is 0.459 e. The van der Waals surface area contributed by atoms with Crippen LogP contribution in [0.15, 0.2) is 47.1 Å². The van der Waals surface area contributed by atoms with Gasteiger partial charge in [-0.2, -0.15) is 0 Å². The molecule has 0 unspecified atom stereocenters. The molecule has 0 spiro atoms. The van der Waals surface area contributed by atoms with E-state index in [1.54, 1.807) is 41.3 Å². The van der Waals surface area contributed by atoms with Crippen molar-refractivity contribution in [2.45, 2.75) is 13.0 Å². The Morgan fingerprint density at radius 3 is 2.65 bits per heavy atom. The maximum Gasteiger partial charge on any atom is 0.291 e. The predicted molar refractivity (Wildman–Crippen MR) is 84.4 cm³/mol. The monoisotopic (exact) mass is 314 g/mol. The first-order chi connectivity index (χ1) is 11.1. The Kier molecular flexibility index (Phi) is 4.43. The molecule has 1 aliphatic heterocycles. The zero-order chi connectivity index (χ0) is 16.2. The zero-order valence-corrected chi connectivity index (χ0v) is 12.8. The summed E-state index contributed by atoms with van der Waals surface area (Å²) in [5.41, 5.74) is 1.20. The Hall–Kier alpha value is -2.60. The van der Waals surface area contributed by atoms with Crippen molar-refractivity contribution in [2.24, 2.45) is 0 Å². The van der Waals surface area contributed by atoms with Crippen LogP contribution in [0.3, 0.4) is 0 Å². The molecule has 2 aromatic rings. The smallest absolute Gasteiger partial charge is 0.291 e. The zero-order valence-electron chi connectivity index (χ0n) is 12.8. The Bertz CT molecular complexity index is 679. The molecule has 1 aliphatic rings. The molecule has 2 amide bonds. The normalized spacial score (nSPS) is 17.8. The number of hydrogen-bond acceptors (Lipinski definition) is 4. The third-order valence-electron chi connectivity index (χ3n) is 3.66. The van der Waals surface area contributed by atoms with Crippen LogP contribution in [0.25, 0.3) is 0 Å². The van der Waals surface area contributed by atoms with Crippen LogP contribution in [-0.4, -0.2) is 42.5 Å². The number of hydrogen-bond donors (Lipinski definition) is 1. The van der Waals surface area contributed by atoms with Gasteiger partial charge in [-0.05, 0) is 43.3 Å². The lowest BCUT2D eigenvalue weighted by Gasteiger charge is -2.31. The van der Waals surface area contributed by atoms with Gasteiger partial charge < -0.3 is 19.4 Å². The fraction of sp³-hybridized carbons (Fsp3) is 0.294. The number of carbonyl (C=O) groups is 2. The number of benzene rings is 1. The number of ether oxygens (including phenoxy) is 1. The highest BCUT2D eigenvalue weighted by Gasteiger charge is 2.22. The van der Waals surface area contributed by atoms with E-state index in [1.165, 1.54) is 6.26 Å². The number of nitrogens with one attached hydrogen (secondary N) is 1. The number of furan rings is 1. The molecule has 3 rings (SSSR count). The average molecular weight is 314 g/mol. The molecule has 1 atom stereocenters. The van der Waals surface area contributed by atoms with Crippen molar-refractivity contribution in [1.29, 1.82) is 0 Å². The minimum absolute atomic E-state index is 0.0240. The molecule has 1 aromatic heterocycles. The third-order valence-corrected chi connectivity index (χ3v) is 3.66. The van der Waals surface area contributed by atoms with E-state index < -0.39 is 0 Å². The molecule has 6 heteroatoms. The molecule has 23 heavy (non-hydrogen) atoms. The van der Waals surface area contributed by atoms with E-state index in [4.69, 9.17) is 9.15 Å². The van der Waals surface area contributed by atoms with Gasteiger partial charge in [0.15, 0.2) is 5.76 Å². The van der Waals surface area contributed by atoms with E-state index >= 15 is 0 Å². The molecule has 0 radical (unpaired) electrons. The lowest BCUT2D eigenvalue weighted by molar-refractivity contribution is -0.0124. The number of amides is 2. The van der Waals surface area contributed by atoms with Crippen molar-refractivity contribution in [3.05, 3.63) is 54.0 Å². The van der Waals surface area contributed by atoms with Gasteiger partial charge in [0.05, 0.1) is 19.0 Å². The first kappa shape index (κ1) is 15.3. The van der Waals surface area contributed by atoms with E-state index in [-0.39, 0.29) is 23.7 Å². The quantitative estimate of drug-likeness (QED) is 0.944. The second kappa shape index (κ2) is 6.66. The van der Waals surface area contributed by atoms with E-state index in [9.17, 15) is 9.59 Å². The highest BCUT2D eigenvalue weighted by Crippen LogP contribution is 2.15. The molecule has 1 fully saturated rings. The molecule has 0 bridgehead atoms. The highest BCUT2D eigenvalue weighted by molar-refractivity contribution is 6.02. The van der Waals surface area contributed by atoms with Gasteiger partial charge >= 0.3 is 0 Å². The molecule has 1 saturated heterocycles. The van der Waals surface area contributed by atoms with Crippen LogP contribution in [0.2, 0.25) is 0 Å². The van der Waals surface area contributed by atoms with Crippen LogP contribution in [0, 0.1) is 0 Å². The van der Waals surface area contributed by atoms with Gasteiger partial charge in [-0.1, -0.05) is 0 Å². The van der Waals surface area contributed by atoms with Crippen LogP contribution in [0.1, 0.15) is 27.8 Å². The highest BCUT2D eigenvalue weighted by atomic mass is 16.5. The maximum absolute atomic E-state index is 12.4. The molecule has 0 aliphatic carbocycles. The summed E-state index contributed by atoms with van der Waals surface area (Å²) in [7, 11) is 0. The van der Waals surface area contributed by atoms with Crippen molar-refractivity contribution >= 4 is 17.5 Å². The Morgan fingerprint density at radius 2 is 2.00 bits per heavy atom. The van der Waals surface area contributed by atoms with Crippen molar-refractivity contribution in [3.63, 3.8) is 0 Å². The van der Waals surface area contributed by atoms with E-state index in [0.29, 0.717) is 30.9 Å². The number of carbonyl (C=O) groups excluding carboxylic acids is 2. The van der Waals surface area contributed by atoms with Gasteiger partial charge in [0.1, 0.15) is 0 Å². The molecule has 120 valence electrons. The summed E-state index contributed by atoms with van der Waals surface area (Å²) >= 11 is 0. The first-order valence-corrected chi connectivity index (χ1v) is 7.49. The summed E-state index contributed by atoms with van der Waals surface area (Å²) in [6, 6.07) is 10.1. The van der Waals surface area contributed by atoms with Crippen molar-refractivity contribution < 1.29 is 18.7 Å². The number of nitrogens with zero attached hydrogens (tertiary/aromatic N) is 1. The molecular formula is C17H18N2O4. The number of rotatable bonds is 3. The lowest BCUT2D eigenvalue weighted by atomic mass is 10.1. The van der Waals surface area contributed by atoms with Gasteiger partial charge in [-0.3, -0.25) is 9.59 Å². The summed E-state index contributed by atoms with van der Waals surface area (Å²) in [5, 5.41) is 2.72. The molecule has 2 heterocycles. The topological polar surface area (TPSA) is 71.8 Å². The van der Waals surface area contributed by atoms with Crippen molar-refractivity contribution in [3.8, 4) is 0 Å². The molecule has 1 aromatic carbocycles. The van der Waals surface area contributed by atoms with E-state index in [2.05, 4.69) is 5.32 Å². The molecule has 1 N–H and O–H groups in total. The van der Waals surface area contributed by atoms with Crippen molar-refractivity contribution in [2.75, 3.05) is 25.0 Å². The SMILES string of the molecule is C[C@H]1CN(C(=O)c2ccc(NC(=O)c3ccco3)cc2)CCO1. The lowest BCUT2D eigenvalue weighted by Crippen LogP contribution is -2.44. The summed E-state index contributed by atoms with van der Waals surface area (Å²) in [4.78, 5) is 26.1. The van der Waals surface area contributed by atoms with Gasteiger partial charge in [0.25, 0.3) is 11.8 Å². The van der Waals surface area contributed by atoms with Crippen LogP contribution >= 0.6 is 0 Å². The fourth-order valence-corrected chi connectivity index (χ4v) is 2.48. The maximum atomic E-state index is 12.4. The third kappa shape index (κ3) is 3.60. The Balaban J connectivity index is 1.64. The fourth-order valence-electron chi connectivity index (χ4n) is 2.48. The number of morpholine rings is 1. The minimum Gasteiger partial charge on any atom is -0.459 e. The van der Waals surface area contributed by atoms with Crippen LogP contribution in [-0.2, 0) is 4.74 Å². The van der Waals surface area contributed by atoms with Gasteiger partial charge in [-0.25, -0.2) is 0 Å². The minimum atomic E-state index is -0.323. The molecule has 0 saturated carbocycles. The van der Waals surface area contributed by atoms with Gasteiger partial charge in [0, 0.05) is 24.3 Å². The summed E-state index contributed by atoms with van der Waals surface area (Å²) in [5.74, 6) is -0.104. The second-order valence-electron chi connectivity index (χ2n) is 5.44. The average Bonchev–Trinajstić information content (AvgIpc) is 3.09. The Morgan fingerprint density at radius 1 is 1.22 bits per heavy atom. The molecular weight excluding hydrogens is 296 g/mol. The number of anilines is 1. The summed E-state index contributed by atoms with van der Waals surface area (Å²) in [6.45, 7) is 3.70. The standard InChI is InChI=1S/C17H18N2O4/c1-12-11-19(8-10-22-12)17(21)13-4-6-14(7-5-13)18-16(20)15-3-2-9-23-15/h2-7,9,12H,8,10-11H2,1H3,(H,18,20)/t12-/m0/s1. The first-order valence-electron chi connectivity index (χ1n) is 7.49. The van der Waals surface area contributed by atoms with E-state index in [0.717, 1.165) is 0 Å². The van der Waals surface area contributed by atoms with Crippen LogP contribution in [0.4, 0.5) is 5.69 Å². The van der Waals surface area contributed by atoms with Crippen molar-refractivity contribution in [1.82, 2.24) is 4.90 Å². The Labute approximate surface area is 134 Å². The molecule has 6 nitrogen and oxygen atoms in total.